The standard InChI is InChI=1S/C26H21Cl3F2N2OS/c1-26(2,16-5-8-19(27)21(29)10-16)24-13-32-25(35-14-15-4-6-17(30)11-20(15)28)33(24)18-7-9-22(31)23(12-18)34-3/h4-13H,14H2,1-3H3. The predicted molar refractivity (Wildman–Crippen MR) is 140 cm³/mol. The van der Waals surface area contributed by atoms with Crippen LogP contribution in [0.4, 0.5) is 8.78 Å². The summed E-state index contributed by atoms with van der Waals surface area (Å²) < 4.78 is 34.9. The van der Waals surface area contributed by atoms with Gasteiger partial charge < -0.3 is 4.74 Å². The van der Waals surface area contributed by atoms with Crippen molar-refractivity contribution in [3.8, 4) is 11.4 Å². The maximum absolute atomic E-state index is 14.2. The molecular formula is C26H21Cl3F2N2OS. The number of thioether (sulfide) groups is 1. The SMILES string of the molecule is COc1cc(-n2c(C(C)(C)c3ccc(Cl)c(Cl)c3)cnc2SCc2ccc(F)cc2Cl)ccc1F. The van der Waals surface area contributed by atoms with E-state index in [0.717, 1.165) is 16.8 Å². The molecule has 35 heavy (non-hydrogen) atoms. The Balaban J connectivity index is 1.82. The minimum absolute atomic E-state index is 0.118. The van der Waals surface area contributed by atoms with E-state index in [4.69, 9.17) is 39.5 Å². The number of halogens is 5. The van der Waals surface area contributed by atoms with E-state index in [0.29, 0.717) is 31.7 Å². The van der Waals surface area contributed by atoms with Gasteiger partial charge in [-0.15, -0.1) is 0 Å². The smallest absolute Gasteiger partial charge is 0.173 e. The molecule has 3 aromatic carbocycles. The van der Waals surface area contributed by atoms with Crippen LogP contribution in [0.15, 0.2) is 66.0 Å². The maximum Gasteiger partial charge on any atom is 0.173 e. The summed E-state index contributed by atoms with van der Waals surface area (Å²) in [5, 5.41) is 1.92. The van der Waals surface area contributed by atoms with Crippen LogP contribution in [0.25, 0.3) is 5.69 Å². The molecule has 0 aliphatic carbocycles. The van der Waals surface area contributed by atoms with Gasteiger partial charge in [0.15, 0.2) is 16.7 Å². The van der Waals surface area contributed by atoms with Crippen molar-refractivity contribution in [2.75, 3.05) is 7.11 Å². The van der Waals surface area contributed by atoms with E-state index in [9.17, 15) is 8.78 Å². The summed E-state index contributed by atoms with van der Waals surface area (Å²) in [4.78, 5) is 4.68. The van der Waals surface area contributed by atoms with Gasteiger partial charge in [-0.25, -0.2) is 13.8 Å². The lowest BCUT2D eigenvalue weighted by Gasteiger charge is -2.28. The van der Waals surface area contributed by atoms with E-state index in [2.05, 4.69) is 4.98 Å². The third-order valence-corrected chi connectivity index (χ3v) is 7.87. The Morgan fingerprint density at radius 2 is 1.71 bits per heavy atom. The molecule has 0 unspecified atom stereocenters. The minimum Gasteiger partial charge on any atom is -0.494 e. The molecule has 4 aromatic rings. The van der Waals surface area contributed by atoms with Crippen molar-refractivity contribution in [2.24, 2.45) is 0 Å². The molecule has 0 fully saturated rings. The molecule has 0 atom stereocenters. The number of imidazole rings is 1. The molecule has 9 heteroatoms. The van der Waals surface area contributed by atoms with Gasteiger partial charge in [0.25, 0.3) is 0 Å². The molecule has 0 spiro atoms. The second kappa shape index (κ2) is 10.4. The van der Waals surface area contributed by atoms with Gasteiger partial charge in [0, 0.05) is 22.3 Å². The lowest BCUT2D eigenvalue weighted by atomic mass is 9.81. The predicted octanol–water partition coefficient (Wildman–Crippen LogP) is 8.74. The molecule has 0 N–H and O–H groups in total. The van der Waals surface area contributed by atoms with Crippen molar-refractivity contribution in [1.82, 2.24) is 9.55 Å². The molecule has 0 amide bonds. The third-order valence-electron chi connectivity index (χ3n) is 5.78. The van der Waals surface area contributed by atoms with Gasteiger partial charge in [-0.1, -0.05) is 72.5 Å². The number of hydrogen-bond donors (Lipinski definition) is 0. The number of methoxy groups -OCH3 is 1. The van der Waals surface area contributed by atoms with Crippen molar-refractivity contribution in [3.63, 3.8) is 0 Å². The molecule has 0 radical (unpaired) electrons. The first-order valence-corrected chi connectivity index (χ1v) is 12.7. The first-order valence-electron chi connectivity index (χ1n) is 10.6. The lowest BCUT2D eigenvalue weighted by Crippen LogP contribution is -2.23. The van der Waals surface area contributed by atoms with E-state index < -0.39 is 17.0 Å². The number of aromatic nitrogens is 2. The summed E-state index contributed by atoms with van der Waals surface area (Å²) in [6, 6.07) is 14.5. The topological polar surface area (TPSA) is 27.1 Å². The van der Waals surface area contributed by atoms with Gasteiger partial charge in [-0.05, 0) is 47.5 Å². The molecule has 3 nitrogen and oxygen atoms in total. The Kier molecular flexibility index (Phi) is 7.67. The molecule has 0 aliphatic heterocycles. The number of benzene rings is 3. The summed E-state index contributed by atoms with van der Waals surface area (Å²) in [6.45, 7) is 4.10. The van der Waals surface area contributed by atoms with E-state index in [1.165, 1.54) is 37.1 Å². The molecule has 0 saturated heterocycles. The zero-order valence-electron chi connectivity index (χ0n) is 19.1. The Bertz CT molecular complexity index is 1390. The zero-order valence-corrected chi connectivity index (χ0v) is 22.2. The first kappa shape index (κ1) is 25.8. The first-order chi connectivity index (χ1) is 16.6. The van der Waals surface area contributed by atoms with E-state index >= 15 is 0 Å². The Morgan fingerprint density at radius 3 is 2.40 bits per heavy atom. The van der Waals surface area contributed by atoms with Crippen molar-refractivity contribution in [1.29, 1.82) is 0 Å². The van der Waals surface area contributed by atoms with Gasteiger partial charge in [-0.3, -0.25) is 4.57 Å². The fraction of sp³-hybridized carbons (Fsp3) is 0.192. The average molecular weight is 554 g/mol. The van der Waals surface area contributed by atoms with Gasteiger partial charge in [0.2, 0.25) is 0 Å². The van der Waals surface area contributed by atoms with Crippen LogP contribution in [0.1, 0.15) is 30.7 Å². The third kappa shape index (κ3) is 5.31. The zero-order chi connectivity index (χ0) is 25.3. The molecule has 0 saturated carbocycles. The molecule has 1 heterocycles. The van der Waals surface area contributed by atoms with Gasteiger partial charge in [-0.2, -0.15) is 0 Å². The minimum atomic E-state index is -0.546. The number of rotatable bonds is 7. The van der Waals surface area contributed by atoms with Gasteiger partial charge in [0.1, 0.15) is 5.82 Å². The van der Waals surface area contributed by atoms with Crippen LogP contribution in [0.5, 0.6) is 5.75 Å². The van der Waals surface area contributed by atoms with E-state index in [1.54, 1.807) is 30.5 Å². The number of ether oxygens (including phenoxy) is 1. The summed E-state index contributed by atoms with van der Waals surface area (Å²) in [5.41, 5.74) is 2.68. The Morgan fingerprint density at radius 1 is 0.943 bits per heavy atom. The van der Waals surface area contributed by atoms with Crippen LogP contribution in [0, 0.1) is 11.6 Å². The maximum atomic E-state index is 14.2. The van der Waals surface area contributed by atoms with E-state index in [-0.39, 0.29) is 5.75 Å². The highest BCUT2D eigenvalue weighted by Gasteiger charge is 2.30. The summed E-state index contributed by atoms with van der Waals surface area (Å²) >= 11 is 20.1. The second-order valence-corrected chi connectivity index (χ2v) is 10.5. The van der Waals surface area contributed by atoms with Crippen molar-refractivity contribution >= 4 is 46.6 Å². The fourth-order valence-corrected chi connectivity index (χ4v) is 5.34. The molecule has 1 aromatic heterocycles. The monoisotopic (exact) mass is 552 g/mol. The molecule has 182 valence electrons. The highest BCUT2D eigenvalue weighted by Crippen LogP contribution is 2.39. The highest BCUT2D eigenvalue weighted by atomic mass is 35.5. The van der Waals surface area contributed by atoms with Crippen LogP contribution >= 0.6 is 46.6 Å². The van der Waals surface area contributed by atoms with Crippen LogP contribution in [-0.2, 0) is 11.2 Å². The van der Waals surface area contributed by atoms with Crippen LogP contribution in [-0.4, -0.2) is 16.7 Å². The molecular weight excluding hydrogens is 533 g/mol. The normalized spacial score (nSPS) is 11.7. The summed E-state index contributed by atoms with van der Waals surface area (Å²) in [7, 11) is 1.42. The Hall–Kier alpha value is -2.25. The molecule has 0 bridgehead atoms. The quantitative estimate of drug-likeness (QED) is 0.214. The lowest BCUT2D eigenvalue weighted by molar-refractivity contribution is 0.386. The van der Waals surface area contributed by atoms with E-state index in [1.807, 2.05) is 30.5 Å². The second-order valence-electron chi connectivity index (χ2n) is 8.36. The van der Waals surface area contributed by atoms with Crippen LogP contribution < -0.4 is 4.74 Å². The molecule has 0 aliphatic rings. The summed E-state index contributed by atoms with van der Waals surface area (Å²) in [6.07, 6.45) is 1.78. The van der Waals surface area contributed by atoms with Crippen molar-refractivity contribution in [2.45, 2.75) is 30.2 Å². The average Bonchev–Trinajstić information content (AvgIpc) is 3.25. The van der Waals surface area contributed by atoms with Crippen molar-refractivity contribution < 1.29 is 13.5 Å². The molecule has 4 rings (SSSR count). The highest BCUT2D eigenvalue weighted by molar-refractivity contribution is 7.98. The van der Waals surface area contributed by atoms with Gasteiger partial charge in [0.05, 0.1) is 34.7 Å². The number of nitrogens with zero attached hydrogens (tertiary/aromatic N) is 2. The van der Waals surface area contributed by atoms with Gasteiger partial charge >= 0.3 is 0 Å². The largest absolute Gasteiger partial charge is 0.494 e. The fourth-order valence-electron chi connectivity index (χ4n) is 3.73. The Labute approximate surface area is 222 Å². The van der Waals surface area contributed by atoms with Crippen LogP contribution in [0.3, 0.4) is 0 Å². The van der Waals surface area contributed by atoms with Crippen molar-refractivity contribution in [3.05, 3.63) is 104 Å². The summed E-state index contributed by atoms with van der Waals surface area (Å²) in [5.74, 6) is -0.281. The number of hydrogen-bond acceptors (Lipinski definition) is 3. The van der Waals surface area contributed by atoms with Crippen LogP contribution in [0.2, 0.25) is 15.1 Å².